The second kappa shape index (κ2) is 4.62. The lowest BCUT2D eigenvalue weighted by atomic mass is 10.1. The van der Waals surface area contributed by atoms with Gasteiger partial charge in [0.2, 0.25) is 5.89 Å². The van der Waals surface area contributed by atoms with Crippen LogP contribution in [0.4, 0.5) is 5.95 Å². The van der Waals surface area contributed by atoms with Crippen LogP contribution in [0.1, 0.15) is 31.1 Å². The molecule has 0 aromatic carbocycles. The van der Waals surface area contributed by atoms with Gasteiger partial charge in [0.1, 0.15) is 0 Å². The Morgan fingerprint density at radius 1 is 1.24 bits per heavy atom. The molecule has 0 bridgehead atoms. The van der Waals surface area contributed by atoms with Gasteiger partial charge in [0, 0.05) is 19.1 Å². The van der Waals surface area contributed by atoms with Crippen LogP contribution in [0.25, 0.3) is 0 Å². The minimum Gasteiger partial charge on any atom is -0.378 e. The topological polar surface area (TPSA) is 77.4 Å². The summed E-state index contributed by atoms with van der Waals surface area (Å²) in [6.45, 7) is 3.12. The van der Waals surface area contributed by atoms with Gasteiger partial charge in [-0.25, -0.2) is 0 Å². The van der Waals surface area contributed by atoms with Crippen molar-refractivity contribution in [2.45, 2.75) is 31.2 Å². The summed E-state index contributed by atoms with van der Waals surface area (Å²) in [4.78, 5) is 6.57. The Morgan fingerprint density at radius 2 is 2.06 bits per heavy atom. The van der Waals surface area contributed by atoms with Crippen molar-refractivity contribution in [2.24, 2.45) is 5.73 Å². The Labute approximate surface area is 100 Å². The third-order valence-electron chi connectivity index (χ3n) is 3.61. The van der Waals surface area contributed by atoms with Gasteiger partial charge in [-0.2, -0.15) is 4.98 Å². The van der Waals surface area contributed by atoms with Crippen LogP contribution in [0, 0.1) is 0 Å². The number of rotatable bonds is 2. The zero-order chi connectivity index (χ0) is 11.7. The van der Waals surface area contributed by atoms with Crippen molar-refractivity contribution in [1.29, 1.82) is 0 Å². The summed E-state index contributed by atoms with van der Waals surface area (Å²) in [6.07, 6.45) is 3.27. The number of morpholine rings is 1. The highest BCUT2D eigenvalue weighted by atomic mass is 16.5. The van der Waals surface area contributed by atoms with Crippen molar-refractivity contribution in [3.8, 4) is 0 Å². The van der Waals surface area contributed by atoms with Crippen molar-refractivity contribution < 1.29 is 9.26 Å². The van der Waals surface area contributed by atoms with E-state index in [4.69, 9.17) is 15.0 Å². The monoisotopic (exact) mass is 238 g/mol. The van der Waals surface area contributed by atoms with Gasteiger partial charge < -0.3 is 19.9 Å². The van der Waals surface area contributed by atoms with Crippen LogP contribution in [0.15, 0.2) is 4.52 Å². The highest BCUT2D eigenvalue weighted by molar-refractivity contribution is 5.28. The van der Waals surface area contributed by atoms with Crippen molar-refractivity contribution in [3.63, 3.8) is 0 Å². The molecule has 2 N–H and O–H groups in total. The van der Waals surface area contributed by atoms with Gasteiger partial charge in [0.25, 0.3) is 5.95 Å². The van der Waals surface area contributed by atoms with Gasteiger partial charge in [0.05, 0.1) is 19.1 Å². The van der Waals surface area contributed by atoms with Crippen LogP contribution in [0.2, 0.25) is 0 Å². The normalized spacial score (nSPS) is 29.8. The Morgan fingerprint density at radius 3 is 2.76 bits per heavy atom. The van der Waals surface area contributed by atoms with Crippen molar-refractivity contribution in [3.05, 3.63) is 5.89 Å². The maximum absolute atomic E-state index is 6.04. The van der Waals surface area contributed by atoms with Crippen LogP contribution in [-0.2, 0) is 4.74 Å². The fraction of sp³-hybridized carbons (Fsp3) is 0.818. The largest absolute Gasteiger partial charge is 0.378 e. The number of hydrogen-bond acceptors (Lipinski definition) is 6. The van der Waals surface area contributed by atoms with Gasteiger partial charge in [-0.15, -0.1) is 0 Å². The highest BCUT2D eigenvalue weighted by Gasteiger charge is 2.31. The van der Waals surface area contributed by atoms with E-state index in [0.717, 1.165) is 45.6 Å². The molecule has 2 aliphatic rings. The molecule has 1 aromatic rings. The molecule has 0 radical (unpaired) electrons. The molecular weight excluding hydrogens is 220 g/mol. The van der Waals surface area contributed by atoms with E-state index >= 15 is 0 Å². The number of nitrogens with two attached hydrogens (primary N) is 1. The first-order chi connectivity index (χ1) is 8.34. The smallest absolute Gasteiger partial charge is 0.266 e. The molecule has 0 spiro atoms. The summed E-state index contributed by atoms with van der Waals surface area (Å²) >= 11 is 0. The predicted octanol–water partition coefficient (Wildman–Crippen LogP) is 0.501. The summed E-state index contributed by atoms with van der Waals surface area (Å²) in [5.74, 6) is 1.64. The van der Waals surface area contributed by atoms with Crippen molar-refractivity contribution in [2.75, 3.05) is 31.2 Å². The fourth-order valence-electron chi connectivity index (χ4n) is 2.56. The Balaban J connectivity index is 1.73. The van der Waals surface area contributed by atoms with Gasteiger partial charge in [0.15, 0.2) is 0 Å². The quantitative estimate of drug-likeness (QED) is 0.808. The van der Waals surface area contributed by atoms with E-state index in [1.807, 2.05) is 0 Å². The first-order valence-electron chi connectivity index (χ1n) is 6.26. The Hall–Kier alpha value is -1.14. The number of anilines is 1. The molecule has 1 saturated heterocycles. The van der Waals surface area contributed by atoms with Crippen LogP contribution in [0.5, 0.6) is 0 Å². The van der Waals surface area contributed by atoms with Crippen LogP contribution >= 0.6 is 0 Å². The third-order valence-corrected chi connectivity index (χ3v) is 3.61. The van der Waals surface area contributed by atoms with E-state index in [9.17, 15) is 0 Å². The zero-order valence-electron chi connectivity index (χ0n) is 9.84. The molecule has 1 aromatic heterocycles. The third kappa shape index (κ3) is 2.14. The first kappa shape index (κ1) is 11.0. The summed E-state index contributed by atoms with van der Waals surface area (Å²) in [6, 6.07) is 0.174. The number of ether oxygens (including phenoxy) is 1. The SMILES string of the molecule is N[C@H]1CCC[C@H]1c1nc(N2CCOCC2)no1. The standard InChI is InChI=1S/C11H18N4O2/c12-9-3-1-2-8(9)10-13-11(14-17-10)15-4-6-16-7-5-15/h8-9H,1-7,12H2/t8-,9+/m1/s1. The van der Waals surface area contributed by atoms with E-state index in [0.29, 0.717) is 11.8 Å². The fourth-order valence-corrected chi connectivity index (χ4v) is 2.56. The molecular formula is C11H18N4O2. The summed E-state index contributed by atoms with van der Waals surface area (Å²) in [5.41, 5.74) is 6.04. The lowest BCUT2D eigenvalue weighted by Crippen LogP contribution is -2.36. The lowest BCUT2D eigenvalue weighted by Gasteiger charge is -2.24. The number of hydrogen-bond donors (Lipinski definition) is 1. The van der Waals surface area contributed by atoms with E-state index < -0.39 is 0 Å². The minimum atomic E-state index is 0.174. The molecule has 0 unspecified atom stereocenters. The Bertz CT molecular complexity index is 375. The van der Waals surface area contributed by atoms with Crippen LogP contribution < -0.4 is 10.6 Å². The summed E-state index contributed by atoms with van der Waals surface area (Å²) in [5, 5.41) is 4.05. The molecule has 1 aliphatic carbocycles. The average Bonchev–Trinajstić information content (AvgIpc) is 2.98. The van der Waals surface area contributed by atoms with Gasteiger partial charge in [-0.3, -0.25) is 0 Å². The van der Waals surface area contributed by atoms with E-state index in [2.05, 4.69) is 15.0 Å². The van der Waals surface area contributed by atoms with Gasteiger partial charge >= 0.3 is 0 Å². The minimum absolute atomic E-state index is 0.174. The molecule has 6 nitrogen and oxygen atoms in total. The zero-order valence-corrected chi connectivity index (χ0v) is 9.84. The van der Waals surface area contributed by atoms with Gasteiger partial charge in [-0.1, -0.05) is 6.42 Å². The summed E-state index contributed by atoms with van der Waals surface area (Å²) in [7, 11) is 0. The average molecular weight is 238 g/mol. The Kier molecular flexibility index (Phi) is 2.98. The molecule has 17 heavy (non-hydrogen) atoms. The second-order valence-corrected chi connectivity index (χ2v) is 4.73. The maximum atomic E-state index is 6.04. The van der Waals surface area contributed by atoms with E-state index in [1.165, 1.54) is 0 Å². The van der Waals surface area contributed by atoms with Crippen LogP contribution in [-0.4, -0.2) is 42.5 Å². The van der Waals surface area contributed by atoms with E-state index in [-0.39, 0.29) is 12.0 Å². The predicted molar refractivity (Wildman–Crippen MR) is 61.9 cm³/mol. The molecule has 2 fully saturated rings. The van der Waals surface area contributed by atoms with Crippen molar-refractivity contribution in [1.82, 2.24) is 10.1 Å². The molecule has 1 aliphatic heterocycles. The summed E-state index contributed by atoms with van der Waals surface area (Å²) < 4.78 is 10.6. The van der Waals surface area contributed by atoms with Crippen LogP contribution in [0.3, 0.4) is 0 Å². The lowest BCUT2D eigenvalue weighted by molar-refractivity contribution is 0.121. The maximum Gasteiger partial charge on any atom is 0.266 e. The molecule has 3 rings (SSSR count). The molecule has 2 atom stereocenters. The van der Waals surface area contributed by atoms with Gasteiger partial charge in [-0.05, 0) is 18.0 Å². The van der Waals surface area contributed by atoms with Crippen molar-refractivity contribution >= 4 is 5.95 Å². The number of aromatic nitrogens is 2. The molecule has 0 amide bonds. The number of nitrogens with zero attached hydrogens (tertiary/aromatic N) is 3. The highest BCUT2D eigenvalue weighted by Crippen LogP contribution is 2.33. The first-order valence-corrected chi connectivity index (χ1v) is 6.26. The molecule has 6 heteroatoms. The van der Waals surface area contributed by atoms with E-state index in [1.54, 1.807) is 0 Å². The molecule has 1 saturated carbocycles. The second-order valence-electron chi connectivity index (χ2n) is 4.73. The molecule has 94 valence electrons. The molecule has 2 heterocycles.